The molecule has 1 aromatic heterocycles. The topological polar surface area (TPSA) is 93.2 Å². The number of carbonyl (C=O) groups excluding carboxylic acids is 2. The highest BCUT2D eigenvalue weighted by Gasteiger charge is 2.12. The lowest BCUT2D eigenvalue weighted by Crippen LogP contribution is -2.15. The molecule has 0 aliphatic rings. The van der Waals surface area contributed by atoms with E-state index in [0.29, 0.717) is 22.0 Å². The number of esters is 1. The summed E-state index contributed by atoms with van der Waals surface area (Å²) in [7, 11) is 1.30. The Morgan fingerprint density at radius 2 is 1.89 bits per heavy atom. The fourth-order valence-corrected chi connectivity index (χ4v) is 2.56. The van der Waals surface area contributed by atoms with Crippen LogP contribution in [-0.4, -0.2) is 29.0 Å². The molecule has 0 fully saturated rings. The number of nitrogens with zero attached hydrogens (tertiary/aromatic N) is 2. The number of rotatable bonds is 5. The second-order valence-corrected chi connectivity index (χ2v) is 6.29. The first kappa shape index (κ1) is 19.3. The molecule has 7 nitrogen and oxygen atoms in total. The number of aryl methyl sites for hydroxylation is 1. The van der Waals surface area contributed by atoms with Crippen molar-refractivity contribution in [2.45, 2.75) is 6.92 Å². The van der Waals surface area contributed by atoms with Crippen LogP contribution in [0.1, 0.15) is 26.4 Å². The van der Waals surface area contributed by atoms with Crippen LogP contribution >= 0.6 is 11.6 Å². The van der Waals surface area contributed by atoms with Gasteiger partial charge in [0, 0.05) is 22.6 Å². The molecule has 28 heavy (non-hydrogen) atoms. The minimum Gasteiger partial charge on any atom is -0.465 e. The Morgan fingerprint density at radius 3 is 2.64 bits per heavy atom. The summed E-state index contributed by atoms with van der Waals surface area (Å²) in [5.74, 6) is -0.660. The fraction of sp³-hybridized carbons (Fsp3) is 0.100. The van der Waals surface area contributed by atoms with E-state index in [0.717, 1.165) is 5.56 Å². The Labute approximate surface area is 166 Å². The van der Waals surface area contributed by atoms with Gasteiger partial charge in [0.15, 0.2) is 0 Å². The molecule has 0 unspecified atom stereocenters. The molecule has 1 heterocycles. The number of anilines is 3. The van der Waals surface area contributed by atoms with Crippen molar-refractivity contribution in [3.8, 4) is 0 Å². The predicted molar refractivity (Wildman–Crippen MR) is 107 cm³/mol. The average molecular weight is 397 g/mol. The Kier molecular flexibility index (Phi) is 5.86. The molecule has 0 radical (unpaired) electrons. The van der Waals surface area contributed by atoms with Gasteiger partial charge in [0.2, 0.25) is 5.95 Å². The van der Waals surface area contributed by atoms with Crippen LogP contribution < -0.4 is 10.6 Å². The maximum absolute atomic E-state index is 12.5. The summed E-state index contributed by atoms with van der Waals surface area (Å²) in [5, 5.41) is 6.33. The number of hydrogen-bond donors (Lipinski definition) is 2. The van der Waals surface area contributed by atoms with Crippen molar-refractivity contribution in [1.29, 1.82) is 0 Å². The predicted octanol–water partition coefficient (Wildman–Crippen LogP) is 4.22. The summed E-state index contributed by atoms with van der Waals surface area (Å²) in [4.78, 5) is 32.5. The normalized spacial score (nSPS) is 10.2. The molecule has 0 bridgehead atoms. The van der Waals surface area contributed by atoms with E-state index in [2.05, 4.69) is 25.3 Å². The van der Waals surface area contributed by atoms with Crippen LogP contribution in [0.25, 0.3) is 0 Å². The van der Waals surface area contributed by atoms with Crippen LogP contribution in [0.2, 0.25) is 5.02 Å². The smallest absolute Gasteiger partial charge is 0.337 e. The van der Waals surface area contributed by atoms with Crippen molar-refractivity contribution < 1.29 is 14.3 Å². The van der Waals surface area contributed by atoms with E-state index in [1.165, 1.54) is 25.4 Å². The third-order valence-corrected chi connectivity index (χ3v) is 4.26. The van der Waals surface area contributed by atoms with Gasteiger partial charge >= 0.3 is 5.97 Å². The number of methoxy groups -OCH3 is 1. The van der Waals surface area contributed by atoms with Crippen LogP contribution in [0, 0.1) is 6.92 Å². The van der Waals surface area contributed by atoms with Gasteiger partial charge in [0.1, 0.15) is 5.69 Å². The van der Waals surface area contributed by atoms with Crippen molar-refractivity contribution in [3.05, 3.63) is 76.6 Å². The first-order valence-electron chi connectivity index (χ1n) is 8.32. The van der Waals surface area contributed by atoms with E-state index in [1.54, 1.807) is 24.3 Å². The SMILES string of the molecule is COC(=O)c1cccc(NC(=O)c2ccnc(Nc3ccc(C)c(Cl)c3)n2)c1. The van der Waals surface area contributed by atoms with Crippen molar-refractivity contribution in [2.24, 2.45) is 0 Å². The first-order valence-corrected chi connectivity index (χ1v) is 8.70. The molecule has 2 N–H and O–H groups in total. The lowest BCUT2D eigenvalue weighted by atomic mass is 10.2. The summed E-state index contributed by atoms with van der Waals surface area (Å²) < 4.78 is 4.68. The standard InChI is InChI=1S/C20H17ClN4O3/c1-12-6-7-15(11-16(12)21)24-20-22-9-8-17(25-20)18(26)23-14-5-3-4-13(10-14)19(27)28-2/h3-11H,1-2H3,(H,23,26)(H,22,24,25). The van der Waals surface area contributed by atoms with Gasteiger partial charge in [-0.15, -0.1) is 0 Å². The zero-order valence-electron chi connectivity index (χ0n) is 15.2. The van der Waals surface area contributed by atoms with Gasteiger partial charge in [-0.2, -0.15) is 0 Å². The highest BCUT2D eigenvalue weighted by atomic mass is 35.5. The summed E-state index contributed by atoms with van der Waals surface area (Å²) in [6.07, 6.45) is 1.48. The molecule has 0 aliphatic carbocycles. The van der Waals surface area contributed by atoms with Crippen LogP contribution in [0.4, 0.5) is 17.3 Å². The maximum atomic E-state index is 12.5. The fourth-order valence-electron chi connectivity index (χ4n) is 2.38. The van der Waals surface area contributed by atoms with E-state index >= 15 is 0 Å². The molecule has 142 valence electrons. The highest BCUT2D eigenvalue weighted by Crippen LogP contribution is 2.22. The minimum atomic E-state index is -0.485. The highest BCUT2D eigenvalue weighted by molar-refractivity contribution is 6.31. The van der Waals surface area contributed by atoms with Crippen molar-refractivity contribution >= 4 is 40.8 Å². The number of hydrogen-bond acceptors (Lipinski definition) is 6. The van der Waals surface area contributed by atoms with Gasteiger partial charge in [-0.25, -0.2) is 14.8 Å². The molecule has 8 heteroatoms. The monoisotopic (exact) mass is 396 g/mol. The third kappa shape index (κ3) is 4.63. The van der Waals surface area contributed by atoms with E-state index < -0.39 is 11.9 Å². The minimum absolute atomic E-state index is 0.166. The summed E-state index contributed by atoms with van der Waals surface area (Å²) >= 11 is 6.12. The number of ether oxygens (including phenoxy) is 1. The van der Waals surface area contributed by atoms with Gasteiger partial charge in [-0.1, -0.05) is 23.7 Å². The molecule has 3 rings (SSSR count). The number of halogens is 1. The zero-order chi connectivity index (χ0) is 20.1. The van der Waals surface area contributed by atoms with E-state index in [9.17, 15) is 9.59 Å². The van der Waals surface area contributed by atoms with Crippen molar-refractivity contribution in [1.82, 2.24) is 9.97 Å². The van der Waals surface area contributed by atoms with Crippen LogP contribution in [0.3, 0.4) is 0 Å². The molecule has 0 atom stereocenters. The van der Waals surface area contributed by atoms with E-state index in [1.807, 2.05) is 19.1 Å². The van der Waals surface area contributed by atoms with E-state index in [-0.39, 0.29) is 11.6 Å². The van der Waals surface area contributed by atoms with Gasteiger partial charge in [0.05, 0.1) is 12.7 Å². The van der Waals surface area contributed by atoms with Gasteiger partial charge < -0.3 is 15.4 Å². The first-order chi connectivity index (χ1) is 13.5. The quantitative estimate of drug-likeness (QED) is 0.627. The molecule has 0 saturated heterocycles. The Balaban J connectivity index is 1.75. The summed E-state index contributed by atoms with van der Waals surface area (Å²) in [6, 6.07) is 13.4. The molecular formula is C20H17ClN4O3. The Bertz CT molecular complexity index is 1040. The second kappa shape index (κ2) is 8.49. The zero-order valence-corrected chi connectivity index (χ0v) is 15.9. The Hall–Kier alpha value is -3.45. The molecule has 0 saturated carbocycles. The molecular weight excluding hydrogens is 380 g/mol. The molecule has 2 aromatic carbocycles. The van der Waals surface area contributed by atoms with Gasteiger partial charge in [-0.05, 0) is 48.9 Å². The van der Waals surface area contributed by atoms with Crippen LogP contribution in [0.5, 0.6) is 0 Å². The second-order valence-electron chi connectivity index (χ2n) is 5.88. The Morgan fingerprint density at radius 1 is 1.07 bits per heavy atom. The maximum Gasteiger partial charge on any atom is 0.337 e. The molecule has 0 aliphatic heterocycles. The molecule has 3 aromatic rings. The number of nitrogens with one attached hydrogen (secondary N) is 2. The van der Waals surface area contributed by atoms with Crippen LogP contribution in [0.15, 0.2) is 54.7 Å². The van der Waals surface area contributed by atoms with Gasteiger partial charge in [0.25, 0.3) is 5.91 Å². The number of amides is 1. The van der Waals surface area contributed by atoms with Gasteiger partial charge in [-0.3, -0.25) is 4.79 Å². The third-order valence-electron chi connectivity index (χ3n) is 3.86. The number of carbonyl (C=O) groups is 2. The number of benzene rings is 2. The van der Waals surface area contributed by atoms with Crippen molar-refractivity contribution in [2.75, 3.05) is 17.7 Å². The van der Waals surface area contributed by atoms with Crippen molar-refractivity contribution in [3.63, 3.8) is 0 Å². The largest absolute Gasteiger partial charge is 0.465 e. The lowest BCUT2D eigenvalue weighted by molar-refractivity contribution is 0.0600. The molecule has 1 amide bonds. The van der Waals surface area contributed by atoms with Crippen LogP contribution in [-0.2, 0) is 4.74 Å². The average Bonchev–Trinajstić information content (AvgIpc) is 2.70. The summed E-state index contributed by atoms with van der Waals surface area (Å²) in [5.41, 5.74) is 2.61. The summed E-state index contributed by atoms with van der Waals surface area (Å²) in [6.45, 7) is 1.91. The van der Waals surface area contributed by atoms with E-state index in [4.69, 9.17) is 11.6 Å². The lowest BCUT2D eigenvalue weighted by Gasteiger charge is -2.09. The molecule has 0 spiro atoms. The number of aromatic nitrogens is 2.